The lowest BCUT2D eigenvalue weighted by Gasteiger charge is -2.23. The van der Waals surface area contributed by atoms with Gasteiger partial charge in [-0.05, 0) is 108 Å². The van der Waals surface area contributed by atoms with E-state index in [0.29, 0.717) is 42.3 Å². The maximum atomic E-state index is 12.3. The summed E-state index contributed by atoms with van der Waals surface area (Å²) in [6.45, 7) is 18.1. The minimum Gasteiger partial charge on any atom is -0.505 e. The Morgan fingerprint density at radius 2 is 0.731 bits per heavy atom. The summed E-state index contributed by atoms with van der Waals surface area (Å²) in [5.41, 5.74) is 12.7. The molecule has 0 atom stereocenters. The van der Waals surface area contributed by atoms with Crippen LogP contribution in [0.25, 0.3) is 77.2 Å². The Morgan fingerprint density at radius 1 is 0.403 bits per heavy atom. The van der Waals surface area contributed by atoms with E-state index in [2.05, 4.69) is 186 Å². The van der Waals surface area contributed by atoms with E-state index in [0.717, 1.165) is 88.4 Å². The van der Waals surface area contributed by atoms with Crippen molar-refractivity contribution in [3.8, 4) is 56.6 Å². The average Bonchev–Trinajstić information content (AvgIpc) is 3.82. The normalized spacial score (nSPS) is 12.2. The number of phenolic OH excluding ortho intramolecular Hbond substituents is 2. The summed E-state index contributed by atoms with van der Waals surface area (Å²) in [4.78, 5) is 0. The van der Waals surface area contributed by atoms with Crippen molar-refractivity contribution in [3.63, 3.8) is 0 Å². The molecule has 0 amide bonds. The first-order chi connectivity index (χ1) is 32.2. The van der Waals surface area contributed by atoms with E-state index in [4.69, 9.17) is 9.47 Å². The second-order valence-electron chi connectivity index (χ2n) is 20.1. The molecular formula is C61H58N2O4. The van der Waals surface area contributed by atoms with Crippen LogP contribution in [0.15, 0.2) is 158 Å². The van der Waals surface area contributed by atoms with E-state index < -0.39 is 0 Å². The number of rotatable bonds is 10. The van der Waals surface area contributed by atoms with Crippen molar-refractivity contribution in [3.05, 3.63) is 180 Å². The van der Waals surface area contributed by atoms with Crippen molar-refractivity contribution in [1.82, 2.24) is 9.13 Å². The van der Waals surface area contributed by atoms with Gasteiger partial charge in [0, 0.05) is 50.2 Å². The SMILES string of the molecule is Cc1cc(-c2ccc(C(C)(C)C)cc2OCCCOc2cc(C(C)(C)C)ccc2-c2cc(C)cc(-n3c4ccccc4c4ccccc43)c2O)c(O)c(-n2c3ccccc3c3ccccc32)c1. The number of aromatic nitrogens is 2. The number of ether oxygens (including phenoxy) is 2. The molecule has 0 radical (unpaired) electrons. The van der Waals surface area contributed by atoms with Gasteiger partial charge < -0.3 is 28.8 Å². The molecule has 0 fully saturated rings. The van der Waals surface area contributed by atoms with Crippen molar-refractivity contribution < 1.29 is 19.7 Å². The van der Waals surface area contributed by atoms with E-state index in [9.17, 15) is 10.2 Å². The molecule has 6 nitrogen and oxygen atoms in total. The number of aryl methyl sites for hydroxylation is 2. The largest absolute Gasteiger partial charge is 0.505 e. The Balaban J connectivity index is 0.973. The number of fused-ring (bicyclic) bond motifs is 6. The maximum absolute atomic E-state index is 12.3. The fourth-order valence-corrected chi connectivity index (χ4v) is 9.72. The average molecular weight is 883 g/mol. The Hall–Kier alpha value is -7.44. The molecule has 8 aromatic carbocycles. The lowest BCUT2D eigenvalue weighted by atomic mass is 9.85. The molecule has 0 saturated carbocycles. The highest BCUT2D eigenvalue weighted by molar-refractivity contribution is 6.10. The molecule has 0 bridgehead atoms. The van der Waals surface area contributed by atoms with Gasteiger partial charge in [-0.15, -0.1) is 0 Å². The first-order valence-electron chi connectivity index (χ1n) is 23.4. The Morgan fingerprint density at radius 3 is 1.06 bits per heavy atom. The fourth-order valence-electron chi connectivity index (χ4n) is 9.72. The van der Waals surface area contributed by atoms with Crippen molar-refractivity contribution >= 4 is 43.6 Å². The Labute approximate surface area is 393 Å². The third-order valence-corrected chi connectivity index (χ3v) is 13.2. The molecule has 2 aromatic heterocycles. The third kappa shape index (κ3) is 7.84. The van der Waals surface area contributed by atoms with Gasteiger partial charge in [-0.2, -0.15) is 0 Å². The molecule has 0 saturated heterocycles. The predicted molar refractivity (Wildman–Crippen MR) is 278 cm³/mol. The molecule has 0 aliphatic carbocycles. The molecule has 336 valence electrons. The van der Waals surface area contributed by atoms with Crippen molar-refractivity contribution in [2.75, 3.05) is 13.2 Å². The third-order valence-electron chi connectivity index (χ3n) is 13.2. The Bertz CT molecular complexity index is 3180. The zero-order valence-electron chi connectivity index (χ0n) is 39.7. The lowest BCUT2D eigenvalue weighted by Crippen LogP contribution is -2.13. The van der Waals surface area contributed by atoms with Gasteiger partial charge >= 0.3 is 0 Å². The van der Waals surface area contributed by atoms with Crippen LogP contribution in [0.5, 0.6) is 23.0 Å². The summed E-state index contributed by atoms with van der Waals surface area (Å²) in [5, 5.41) is 29.2. The zero-order chi connectivity index (χ0) is 46.8. The smallest absolute Gasteiger partial charge is 0.147 e. The summed E-state index contributed by atoms with van der Waals surface area (Å²) in [6, 6.07) is 54.4. The second-order valence-corrected chi connectivity index (χ2v) is 20.1. The summed E-state index contributed by atoms with van der Waals surface area (Å²) in [6.07, 6.45) is 0.594. The highest BCUT2D eigenvalue weighted by atomic mass is 16.5. The van der Waals surface area contributed by atoms with E-state index >= 15 is 0 Å². The number of nitrogens with zero attached hydrogens (tertiary/aromatic N) is 2. The van der Waals surface area contributed by atoms with E-state index in [-0.39, 0.29) is 22.3 Å². The van der Waals surface area contributed by atoms with Gasteiger partial charge in [0.1, 0.15) is 23.0 Å². The van der Waals surface area contributed by atoms with Gasteiger partial charge in [0.05, 0.1) is 46.7 Å². The monoisotopic (exact) mass is 882 g/mol. The molecule has 0 unspecified atom stereocenters. The molecule has 67 heavy (non-hydrogen) atoms. The van der Waals surface area contributed by atoms with Gasteiger partial charge in [0.15, 0.2) is 0 Å². The predicted octanol–water partition coefficient (Wildman–Crippen LogP) is 15.7. The standard InChI is InChI=1S/C61H58N2O4/c1-38-32-48(58(64)54(34-38)62-50-22-13-9-18-42(50)43-19-10-14-23-51(43)62)46-28-26-40(60(3,4)5)36-56(46)66-30-17-31-67-57-37-41(61(6,7)8)27-29-47(57)49-33-39(2)35-55(59(49)65)63-52-24-15-11-20-44(52)45-21-12-16-25-53(45)63/h9-16,18-29,32-37,64-65H,17,30-31H2,1-8H3. The summed E-state index contributed by atoms with van der Waals surface area (Å²) >= 11 is 0. The molecular weight excluding hydrogens is 825 g/mol. The number of aromatic hydroxyl groups is 2. The first-order valence-corrected chi connectivity index (χ1v) is 23.4. The zero-order valence-corrected chi connectivity index (χ0v) is 39.7. The molecule has 0 aliphatic heterocycles. The van der Waals surface area contributed by atoms with Crippen molar-refractivity contribution in [2.24, 2.45) is 0 Å². The van der Waals surface area contributed by atoms with Crippen LogP contribution >= 0.6 is 0 Å². The van der Waals surface area contributed by atoms with Crippen LogP contribution in [-0.2, 0) is 10.8 Å². The van der Waals surface area contributed by atoms with Crippen LogP contribution in [0.4, 0.5) is 0 Å². The Kier molecular flexibility index (Phi) is 10.9. The second kappa shape index (κ2) is 16.8. The maximum Gasteiger partial charge on any atom is 0.147 e. The number of para-hydroxylation sites is 4. The van der Waals surface area contributed by atoms with Gasteiger partial charge in [-0.3, -0.25) is 0 Å². The van der Waals surface area contributed by atoms with Gasteiger partial charge in [-0.1, -0.05) is 139 Å². The number of hydrogen-bond acceptors (Lipinski definition) is 4. The number of phenols is 2. The topological polar surface area (TPSA) is 68.8 Å². The summed E-state index contributed by atoms with van der Waals surface area (Å²) in [7, 11) is 0. The highest BCUT2D eigenvalue weighted by Gasteiger charge is 2.24. The van der Waals surface area contributed by atoms with Crippen LogP contribution in [0.1, 0.15) is 70.2 Å². The molecule has 6 heteroatoms. The van der Waals surface area contributed by atoms with Crippen molar-refractivity contribution in [1.29, 1.82) is 0 Å². The minimum atomic E-state index is -0.125. The van der Waals surface area contributed by atoms with Crippen molar-refractivity contribution in [2.45, 2.75) is 72.6 Å². The molecule has 0 aliphatic rings. The van der Waals surface area contributed by atoms with Gasteiger partial charge in [0.2, 0.25) is 0 Å². The molecule has 2 heterocycles. The van der Waals surface area contributed by atoms with Gasteiger partial charge in [-0.25, -0.2) is 0 Å². The van der Waals surface area contributed by atoms with E-state index in [1.54, 1.807) is 0 Å². The lowest BCUT2D eigenvalue weighted by molar-refractivity contribution is 0.248. The van der Waals surface area contributed by atoms with Crippen LogP contribution in [0.3, 0.4) is 0 Å². The molecule has 10 aromatic rings. The van der Waals surface area contributed by atoms with Crippen LogP contribution < -0.4 is 9.47 Å². The number of hydrogen-bond donors (Lipinski definition) is 2. The van der Waals surface area contributed by atoms with E-state index in [1.165, 1.54) is 0 Å². The molecule has 2 N–H and O–H groups in total. The summed E-state index contributed by atoms with van der Waals surface area (Å²) in [5.74, 6) is 1.81. The number of benzene rings is 8. The van der Waals surface area contributed by atoms with Crippen LogP contribution in [0.2, 0.25) is 0 Å². The first kappa shape index (κ1) is 43.5. The minimum absolute atomic E-state index is 0.125. The van der Waals surface area contributed by atoms with Gasteiger partial charge in [0.25, 0.3) is 0 Å². The van der Waals surface area contributed by atoms with Crippen LogP contribution in [0, 0.1) is 13.8 Å². The van der Waals surface area contributed by atoms with E-state index in [1.807, 2.05) is 36.4 Å². The highest BCUT2D eigenvalue weighted by Crippen LogP contribution is 2.46. The molecule has 0 spiro atoms. The quantitative estimate of drug-likeness (QED) is 0.134. The fraction of sp³-hybridized carbons (Fsp3) is 0.213. The van der Waals surface area contributed by atoms with Crippen LogP contribution in [-0.4, -0.2) is 32.6 Å². The summed E-state index contributed by atoms with van der Waals surface area (Å²) < 4.78 is 17.8. The molecule has 10 rings (SSSR count).